The maximum atomic E-state index is 12.2. The van der Waals surface area contributed by atoms with Gasteiger partial charge in [0.1, 0.15) is 0 Å². The normalized spacial score (nSPS) is 36.9. The molecule has 0 unspecified atom stereocenters. The Morgan fingerprint density at radius 1 is 1.06 bits per heavy atom. The lowest BCUT2D eigenvalue weighted by atomic mass is 9.55. The average Bonchev–Trinajstić information content (AvgIpc) is 2.27. The Labute approximate surface area is 105 Å². The van der Waals surface area contributed by atoms with Gasteiger partial charge in [0.05, 0.1) is 6.61 Å². The topological polar surface area (TPSA) is 43.4 Å². The third-order valence-corrected chi connectivity index (χ3v) is 5.58. The lowest BCUT2D eigenvalue weighted by molar-refractivity contribution is -0.0656. The molecule has 3 saturated carbocycles. The van der Waals surface area contributed by atoms with E-state index in [9.17, 15) is 21.6 Å². The molecule has 0 aliphatic heterocycles. The second-order valence-corrected chi connectivity index (χ2v) is 7.58. The highest BCUT2D eigenvalue weighted by Gasteiger charge is 2.51. The summed E-state index contributed by atoms with van der Waals surface area (Å²) in [5.74, 6) is 0. The van der Waals surface area contributed by atoms with Gasteiger partial charge in [0.15, 0.2) is 0 Å². The zero-order valence-corrected chi connectivity index (χ0v) is 11.0. The number of rotatable bonds is 3. The Bertz CT molecular complexity index is 403. The largest absolute Gasteiger partial charge is 0.523 e. The first-order valence-electron chi connectivity index (χ1n) is 6.03. The van der Waals surface area contributed by atoms with Crippen molar-refractivity contribution in [3.63, 3.8) is 0 Å². The molecule has 0 atom stereocenters. The zero-order valence-electron chi connectivity index (χ0n) is 10.2. The molecule has 3 rings (SSSR count). The molecule has 0 N–H and O–H groups in total. The number of hydrogen-bond acceptors (Lipinski definition) is 3. The summed E-state index contributed by atoms with van der Waals surface area (Å²) in [5, 5.41) is 0. The predicted octanol–water partition coefficient (Wildman–Crippen LogP) is 3.21. The van der Waals surface area contributed by atoms with Crippen LogP contribution in [0.25, 0.3) is 0 Å². The van der Waals surface area contributed by atoms with Gasteiger partial charge in [-0.25, -0.2) is 0 Å². The van der Waals surface area contributed by atoms with Crippen LogP contribution in [0.2, 0.25) is 0 Å². The summed E-state index contributed by atoms with van der Waals surface area (Å²) in [4.78, 5) is 0. The van der Waals surface area contributed by atoms with Crippen LogP contribution >= 0.6 is 0 Å². The van der Waals surface area contributed by atoms with E-state index in [0.717, 1.165) is 38.5 Å². The summed E-state index contributed by atoms with van der Waals surface area (Å²) in [7, 11) is -5.44. The van der Waals surface area contributed by atoms with Gasteiger partial charge in [-0.15, -0.1) is 0 Å². The van der Waals surface area contributed by atoms with E-state index < -0.39 is 15.6 Å². The average molecular weight is 286 g/mol. The molecule has 3 aliphatic rings. The van der Waals surface area contributed by atoms with Crippen molar-refractivity contribution in [2.75, 3.05) is 6.61 Å². The molecule has 3 aliphatic carbocycles. The van der Waals surface area contributed by atoms with Crippen molar-refractivity contribution in [2.24, 2.45) is 10.8 Å². The van der Waals surface area contributed by atoms with Gasteiger partial charge in [0, 0.05) is 0 Å². The number of hydrogen-bond donors (Lipinski definition) is 0. The highest BCUT2D eigenvalue weighted by Crippen LogP contribution is 2.56. The molecule has 0 aromatic heterocycles. The third kappa shape index (κ3) is 2.52. The molecule has 0 saturated heterocycles. The zero-order chi connectivity index (χ0) is 13.7. The Hall–Kier alpha value is -0.300. The van der Waals surface area contributed by atoms with Crippen molar-refractivity contribution in [3.05, 3.63) is 0 Å². The lowest BCUT2D eigenvalue weighted by Gasteiger charge is -2.51. The molecular formula is C11H17F3O3S. The van der Waals surface area contributed by atoms with Gasteiger partial charge in [-0.1, -0.05) is 6.92 Å². The molecule has 0 radical (unpaired) electrons. The minimum absolute atomic E-state index is 0.296. The maximum Gasteiger partial charge on any atom is 0.523 e. The van der Waals surface area contributed by atoms with Crippen LogP contribution in [0.4, 0.5) is 13.2 Å². The minimum Gasteiger partial charge on any atom is -0.263 e. The molecule has 106 valence electrons. The van der Waals surface area contributed by atoms with Crippen LogP contribution in [0.5, 0.6) is 0 Å². The Morgan fingerprint density at radius 2 is 1.50 bits per heavy atom. The SMILES string of the molecule is CC12CCC(COS(=O)(=O)C(F)(F)F)(CC1)CC2. The first-order valence-corrected chi connectivity index (χ1v) is 7.44. The van der Waals surface area contributed by atoms with Gasteiger partial charge < -0.3 is 0 Å². The quantitative estimate of drug-likeness (QED) is 0.591. The molecule has 18 heavy (non-hydrogen) atoms. The molecule has 0 heterocycles. The summed E-state index contributed by atoms with van der Waals surface area (Å²) in [5.41, 5.74) is -5.39. The van der Waals surface area contributed by atoms with Gasteiger partial charge >= 0.3 is 15.6 Å². The fourth-order valence-corrected chi connectivity index (χ4v) is 3.48. The summed E-state index contributed by atoms with van der Waals surface area (Å²) >= 11 is 0. The summed E-state index contributed by atoms with van der Waals surface area (Å²) in [6.07, 6.45) is 5.12. The second kappa shape index (κ2) is 4.10. The Morgan fingerprint density at radius 3 is 1.89 bits per heavy atom. The van der Waals surface area contributed by atoms with Crippen LogP contribution in [0.15, 0.2) is 0 Å². The predicted molar refractivity (Wildman–Crippen MR) is 59.2 cm³/mol. The molecule has 2 bridgehead atoms. The van der Waals surface area contributed by atoms with E-state index in [-0.39, 0.29) is 12.0 Å². The van der Waals surface area contributed by atoms with Crippen molar-refractivity contribution in [1.29, 1.82) is 0 Å². The summed E-state index contributed by atoms with van der Waals surface area (Å²) in [6.45, 7) is 1.86. The maximum absolute atomic E-state index is 12.2. The minimum atomic E-state index is -5.44. The van der Waals surface area contributed by atoms with E-state index in [4.69, 9.17) is 0 Å². The van der Waals surface area contributed by atoms with Crippen molar-refractivity contribution in [3.8, 4) is 0 Å². The Kier molecular flexibility index (Phi) is 3.21. The third-order valence-electron chi connectivity index (χ3n) is 4.58. The van der Waals surface area contributed by atoms with E-state index in [1.54, 1.807) is 0 Å². The fraction of sp³-hybridized carbons (Fsp3) is 1.00. The van der Waals surface area contributed by atoms with Crippen LogP contribution in [0.3, 0.4) is 0 Å². The molecule has 3 nitrogen and oxygen atoms in total. The van der Waals surface area contributed by atoms with Gasteiger partial charge in [0.25, 0.3) is 0 Å². The van der Waals surface area contributed by atoms with Crippen molar-refractivity contribution < 1.29 is 25.8 Å². The van der Waals surface area contributed by atoms with E-state index in [2.05, 4.69) is 11.1 Å². The molecular weight excluding hydrogens is 269 g/mol. The van der Waals surface area contributed by atoms with E-state index in [1.807, 2.05) is 0 Å². The molecule has 0 aromatic carbocycles. The molecule has 0 spiro atoms. The van der Waals surface area contributed by atoms with Gasteiger partial charge in [0.2, 0.25) is 0 Å². The standard InChI is InChI=1S/C11H17F3O3S/c1-9-2-5-10(6-3-9,7-4-9)8-17-18(15,16)11(12,13)14/h2-8H2,1H3. The van der Waals surface area contributed by atoms with E-state index in [0.29, 0.717) is 5.41 Å². The van der Waals surface area contributed by atoms with Gasteiger partial charge in [-0.3, -0.25) is 4.18 Å². The van der Waals surface area contributed by atoms with Gasteiger partial charge in [-0.05, 0) is 49.4 Å². The number of alkyl halides is 3. The number of halogens is 3. The molecule has 3 fully saturated rings. The number of fused-ring (bicyclic) bond motifs is 3. The summed E-state index contributed by atoms with van der Waals surface area (Å²) < 4.78 is 62.5. The van der Waals surface area contributed by atoms with Crippen LogP contribution in [0.1, 0.15) is 45.4 Å². The first kappa shape index (κ1) is 14.1. The Balaban J connectivity index is 2.00. The van der Waals surface area contributed by atoms with Crippen molar-refractivity contribution in [2.45, 2.75) is 51.0 Å². The second-order valence-electron chi connectivity index (χ2n) is 5.97. The van der Waals surface area contributed by atoms with Crippen LogP contribution in [-0.4, -0.2) is 20.5 Å². The highest BCUT2D eigenvalue weighted by molar-refractivity contribution is 7.87. The molecule has 7 heteroatoms. The lowest BCUT2D eigenvalue weighted by Crippen LogP contribution is -2.43. The van der Waals surface area contributed by atoms with Crippen molar-refractivity contribution >= 4 is 10.1 Å². The van der Waals surface area contributed by atoms with E-state index in [1.165, 1.54) is 0 Å². The van der Waals surface area contributed by atoms with Crippen LogP contribution < -0.4 is 0 Å². The van der Waals surface area contributed by atoms with Crippen LogP contribution in [0, 0.1) is 10.8 Å². The van der Waals surface area contributed by atoms with Gasteiger partial charge in [-0.2, -0.15) is 21.6 Å². The molecule has 0 amide bonds. The van der Waals surface area contributed by atoms with Crippen LogP contribution in [-0.2, 0) is 14.3 Å². The summed E-state index contributed by atoms with van der Waals surface area (Å²) in [6, 6.07) is 0. The molecule has 0 aromatic rings. The smallest absolute Gasteiger partial charge is 0.263 e. The van der Waals surface area contributed by atoms with Crippen molar-refractivity contribution in [1.82, 2.24) is 0 Å². The monoisotopic (exact) mass is 286 g/mol. The van der Waals surface area contributed by atoms with E-state index >= 15 is 0 Å². The fourth-order valence-electron chi connectivity index (χ4n) is 2.94. The highest BCUT2D eigenvalue weighted by atomic mass is 32.2. The first-order chi connectivity index (χ1) is 8.08.